The van der Waals surface area contributed by atoms with Crippen molar-refractivity contribution in [3.05, 3.63) is 48.0 Å². The van der Waals surface area contributed by atoms with Crippen LogP contribution in [0.5, 0.6) is 0 Å². The van der Waals surface area contributed by atoms with Crippen LogP contribution in [-0.4, -0.2) is 103 Å². The summed E-state index contributed by atoms with van der Waals surface area (Å²) in [5.41, 5.74) is 0. The zero-order valence-electron chi connectivity index (χ0n) is 24.4. The first-order chi connectivity index (χ1) is 20.6. The maximum Gasteiger partial charge on any atom is 0.378 e. The molecular weight excluding hydrogens is 568 g/mol. The van der Waals surface area contributed by atoms with Crippen LogP contribution < -0.4 is 0 Å². The molecule has 1 fully saturated rings. The maximum absolute atomic E-state index is 12.2. The quantitative estimate of drug-likeness (QED) is 0.0474. The number of esters is 2. The molecule has 13 nitrogen and oxygen atoms in total. The van der Waals surface area contributed by atoms with Crippen LogP contribution in [0.3, 0.4) is 0 Å². The average Bonchev–Trinajstić information content (AvgIpc) is 3.27. The summed E-state index contributed by atoms with van der Waals surface area (Å²) in [6.45, 7) is 1.35. The largest absolute Gasteiger partial charge is 0.505 e. The fourth-order valence-electron chi connectivity index (χ4n) is 4.38. The van der Waals surface area contributed by atoms with E-state index in [0.29, 0.717) is 6.42 Å². The zero-order chi connectivity index (χ0) is 31.8. The van der Waals surface area contributed by atoms with Gasteiger partial charge in [-0.15, -0.1) is 0 Å². The van der Waals surface area contributed by atoms with Gasteiger partial charge in [0, 0.05) is 6.42 Å². The van der Waals surface area contributed by atoms with Gasteiger partial charge in [-0.05, 0) is 38.5 Å². The number of aliphatic hydroxyl groups is 7. The van der Waals surface area contributed by atoms with E-state index in [1.54, 1.807) is 0 Å². The smallest absolute Gasteiger partial charge is 0.378 e. The molecule has 43 heavy (non-hydrogen) atoms. The summed E-state index contributed by atoms with van der Waals surface area (Å²) in [5, 5.41) is 69.9. The summed E-state index contributed by atoms with van der Waals surface area (Å²) in [6, 6.07) is 0. The normalized spacial score (nSPS) is 27.7. The highest BCUT2D eigenvalue weighted by molar-refractivity contribution is 5.89. The van der Waals surface area contributed by atoms with Crippen molar-refractivity contribution < 1.29 is 64.3 Å². The first kappa shape index (κ1) is 36.4. The molecule has 0 aromatic rings. The number of unbranched alkanes of at least 4 members (excludes halogenated alkanes) is 5. The first-order valence-corrected chi connectivity index (χ1v) is 14.7. The lowest BCUT2D eigenvalue weighted by molar-refractivity contribution is -0.291. The molecule has 0 spiro atoms. The molecule has 0 saturated carbocycles. The van der Waals surface area contributed by atoms with Gasteiger partial charge in [-0.1, -0.05) is 62.6 Å². The van der Waals surface area contributed by atoms with Crippen LogP contribution >= 0.6 is 0 Å². The SMILES string of the molecule is CC/C=C\C/C=C\C/C=C\CCCCCCCC(=O)OC(O)[C@H](O)[C@H]1OC(=O)C(OC2O[C@H](CO)[C@@H](O)[C@H](O)[C@H]2O)=C1O. The van der Waals surface area contributed by atoms with E-state index in [1.165, 1.54) is 0 Å². The van der Waals surface area contributed by atoms with Crippen LogP contribution in [-0.2, 0) is 28.5 Å². The van der Waals surface area contributed by atoms with Crippen LogP contribution in [0.1, 0.15) is 71.1 Å². The lowest BCUT2D eigenvalue weighted by Crippen LogP contribution is -2.59. The van der Waals surface area contributed by atoms with Gasteiger partial charge in [-0.3, -0.25) is 4.79 Å². The predicted molar refractivity (Wildman–Crippen MR) is 152 cm³/mol. The second-order valence-electron chi connectivity index (χ2n) is 10.3. The van der Waals surface area contributed by atoms with Crippen molar-refractivity contribution in [3.63, 3.8) is 0 Å². The fraction of sp³-hybridized carbons (Fsp3) is 0.667. The molecule has 0 aromatic carbocycles. The van der Waals surface area contributed by atoms with Crippen LogP contribution in [0, 0.1) is 0 Å². The summed E-state index contributed by atoms with van der Waals surface area (Å²) < 4.78 is 19.9. The van der Waals surface area contributed by atoms with Gasteiger partial charge in [0.2, 0.25) is 18.3 Å². The molecule has 2 heterocycles. The number of hydrogen-bond acceptors (Lipinski definition) is 13. The first-order valence-electron chi connectivity index (χ1n) is 14.7. The lowest BCUT2D eigenvalue weighted by atomic mass is 9.99. The molecule has 0 radical (unpaired) electrons. The van der Waals surface area contributed by atoms with E-state index >= 15 is 0 Å². The number of carbonyl (C=O) groups is 2. The minimum absolute atomic E-state index is 0.0127. The van der Waals surface area contributed by atoms with E-state index in [2.05, 4.69) is 43.4 Å². The average molecular weight is 615 g/mol. The third-order valence-electron chi connectivity index (χ3n) is 6.89. The molecule has 244 valence electrons. The Kier molecular flexibility index (Phi) is 16.5. The highest BCUT2D eigenvalue weighted by Crippen LogP contribution is 2.30. The van der Waals surface area contributed by atoms with E-state index in [-0.39, 0.29) is 6.42 Å². The Morgan fingerprint density at radius 1 is 0.907 bits per heavy atom. The fourth-order valence-corrected chi connectivity index (χ4v) is 4.38. The van der Waals surface area contributed by atoms with Gasteiger partial charge < -0.3 is 54.7 Å². The Morgan fingerprint density at radius 2 is 1.53 bits per heavy atom. The van der Waals surface area contributed by atoms with Gasteiger partial charge in [-0.2, -0.15) is 0 Å². The summed E-state index contributed by atoms with van der Waals surface area (Å²) >= 11 is 0. The van der Waals surface area contributed by atoms with E-state index in [0.717, 1.165) is 51.4 Å². The molecule has 0 aliphatic carbocycles. The van der Waals surface area contributed by atoms with Crippen molar-refractivity contribution in [2.24, 2.45) is 0 Å². The van der Waals surface area contributed by atoms with E-state index in [9.17, 15) is 45.3 Å². The van der Waals surface area contributed by atoms with Crippen LogP contribution in [0.2, 0.25) is 0 Å². The van der Waals surface area contributed by atoms with Crippen molar-refractivity contribution in [2.75, 3.05) is 6.61 Å². The van der Waals surface area contributed by atoms with Gasteiger partial charge in [-0.25, -0.2) is 4.79 Å². The molecule has 2 unspecified atom stereocenters. The van der Waals surface area contributed by atoms with Crippen molar-refractivity contribution in [2.45, 2.75) is 120 Å². The molecule has 8 atom stereocenters. The molecule has 2 aliphatic rings. The molecule has 0 bridgehead atoms. The molecule has 0 aromatic heterocycles. The highest BCUT2D eigenvalue weighted by atomic mass is 16.7. The molecule has 1 saturated heterocycles. The topological polar surface area (TPSA) is 213 Å². The van der Waals surface area contributed by atoms with E-state index in [4.69, 9.17) is 18.9 Å². The third-order valence-corrected chi connectivity index (χ3v) is 6.89. The Hall–Kier alpha value is -2.78. The molecule has 7 N–H and O–H groups in total. The van der Waals surface area contributed by atoms with Crippen molar-refractivity contribution >= 4 is 11.9 Å². The number of cyclic esters (lactones) is 1. The van der Waals surface area contributed by atoms with E-state index in [1.807, 2.05) is 0 Å². The van der Waals surface area contributed by atoms with Crippen LogP contribution in [0.15, 0.2) is 48.0 Å². The lowest BCUT2D eigenvalue weighted by Gasteiger charge is -2.39. The van der Waals surface area contributed by atoms with Crippen molar-refractivity contribution in [1.29, 1.82) is 0 Å². The third kappa shape index (κ3) is 11.7. The Balaban J connectivity index is 1.68. The molecule has 2 aliphatic heterocycles. The summed E-state index contributed by atoms with van der Waals surface area (Å²) in [6.07, 6.45) is 6.41. The van der Waals surface area contributed by atoms with Crippen LogP contribution in [0.4, 0.5) is 0 Å². The Labute approximate surface area is 251 Å². The second kappa shape index (κ2) is 19.5. The number of hydrogen-bond donors (Lipinski definition) is 7. The number of rotatable bonds is 19. The number of carbonyl (C=O) groups excluding carboxylic acids is 2. The maximum atomic E-state index is 12.2. The summed E-state index contributed by atoms with van der Waals surface area (Å²) in [7, 11) is 0. The predicted octanol–water partition coefficient (Wildman–Crippen LogP) is 1.31. The summed E-state index contributed by atoms with van der Waals surface area (Å²) in [4.78, 5) is 24.3. The molecule has 0 amide bonds. The zero-order valence-corrected chi connectivity index (χ0v) is 24.4. The number of aliphatic hydroxyl groups excluding tert-OH is 7. The van der Waals surface area contributed by atoms with Gasteiger partial charge in [0.05, 0.1) is 6.61 Å². The van der Waals surface area contributed by atoms with Crippen molar-refractivity contribution in [3.8, 4) is 0 Å². The molecular formula is C30H46O13. The molecule has 2 rings (SSSR count). The second-order valence-corrected chi connectivity index (χ2v) is 10.3. The van der Waals surface area contributed by atoms with Gasteiger partial charge in [0.25, 0.3) is 0 Å². The van der Waals surface area contributed by atoms with Crippen LogP contribution in [0.25, 0.3) is 0 Å². The molecule has 13 heteroatoms. The Bertz CT molecular complexity index is 973. The van der Waals surface area contributed by atoms with Gasteiger partial charge in [0.1, 0.15) is 24.4 Å². The van der Waals surface area contributed by atoms with E-state index < -0.39 is 79.3 Å². The monoisotopic (exact) mass is 614 g/mol. The minimum atomic E-state index is -2.14. The van der Waals surface area contributed by atoms with Crippen molar-refractivity contribution in [1.82, 2.24) is 0 Å². The standard InChI is InChI=1S/C30H46O13/c1-2-3-4-5-6-7-8-9-10-11-12-13-14-15-16-17-20(32)41-28(38)25(37)26-24(36)27(29(39)42-26)43-30-23(35)22(34)21(33)19(18-31)40-30/h3-4,6-7,9-10,19,21-23,25-26,28,30-31,33-38H,2,5,8,11-18H2,1H3/b4-3-,7-6-,10-9-/t19-,21-,22+,23-,25-,26+,28?,30?/m1/s1. The number of ether oxygens (including phenoxy) is 4. The number of allylic oxidation sites excluding steroid dienone is 6. The van der Waals surface area contributed by atoms with Gasteiger partial charge in [0.15, 0.2) is 18.0 Å². The highest BCUT2D eigenvalue weighted by Gasteiger charge is 2.49. The summed E-state index contributed by atoms with van der Waals surface area (Å²) in [5.74, 6) is -4.00. The Morgan fingerprint density at radius 3 is 2.21 bits per heavy atom. The van der Waals surface area contributed by atoms with Gasteiger partial charge >= 0.3 is 11.9 Å². The minimum Gasteiger partial charge on any atom is -0.505 e.